The minimum absolute atomic E-state index is 0.0467. The van der Waals surface area contributed by atoms with E-state index in [0.29, 0.717) is 13.6 Å². The summed E-state index contributed by atoms with van der Waals surface area (Å²) in [5.41, 5.74) is 0.169. The molecular weight excluding hydrogens is 411 g/mol. The lowest BCUT2D eigenvalue weighted by Crippen LogP contribution is -2.11. The first kappa shape index (κ1) is 14.7. The zero-order valence-corrected chi connectivity index (χ0v) is 12.6. The van der Waals surface area contributed by atoms with Crippen molar-refractivity contribution in [2.45, 2.75) is 19.8 Å². The average Bonchev–Trinajstić information content (AvgIpc) is 2.24. The van der Waals surface area contributed by atoms with Gasteiger partial charge in [-0.2, -0.15) is 0 Å². The smallest absolute Gasteiger partial charge is 0.310 e. The van der Waals surface area contributed by atoms with Crippen molar-refractivity contribution in [2.75, 3.05) is 6.61 Å². The van der Waals surface area contributed by atoms with Crippen molar-refractivity contribution in [1.29, 1.82) is 0 Å². The fourth-order valence-corrected chi connectivity index (χ4v) is 2.86. The number of esters is 1. The Bertz CT molecular complexity index is 429. The second-order valence-corrected chi connectivity index (χ2v) is 5.00. The number of alkyl halides is 2. The van der Waals surface area contributed by atoms with E-state index >= 15 is 0 Å². The van der Waals surface area contributed by atoms with Crippen molar-refractivity contribution in [3.8, 4) is 0 Å². The predicted octanol–water partition coefficient (Wildman–Crippen LogP) is 3.49. The molecule has 1 heterocycles. The van der Waals surface area contributed by atoms with Gasteiger partial charge < -0.3 is 4.74 Å². The van der Waals surface area contributed by atoms with Crippen LogP contribution in [0.2, 0.25) is 0 Å². The average molecular weight is 420 g/mol. The minimum atomic E-state index is -2.66. The third kappa shape index (κ3) is 3.84. The maximum Gasteiger partial charge on any atom is 0.310 e. The number of ether oxygens (including phenoxy) is 1. The summed E-state index contributed by atoms with van der Waals surface area (Å²) in [5, 5.41) is 0. The van der Waals surface area contributed by atoms with Crippen LogP contribution in [0.15, 0.2) is 10.7 Å². The van der Waals surface area contributed by atoms with Gasteiger partial charge >= 0.3 is 5.97 Å². The fourth-order valence-electron chi connectivity index (χ4n) is 1.19. The molecule has 0 saturated heterocycles. The Hall–Kier alpha value is -0.310. The zero-order valence-electron chi connectivity index (χ0n) is 8.84. The van der Waals surface area contributed by atoms with Crippen LogP contribution < -0.4 is 0 Å². The van der Waals surface area contributed by atoms with E-state index in [4.69, 9.17) is 4.74 Å². The molecule has 3 nitrogen and oxygen atoms in total. The summed E-state index contributed by atoms with van der Waals surface area (Å²) in [7, 11) is 0. The first-order valence-electron chi connectivity index (χ1n) is 4.73. The molecule has 0 unspecified atom stereocenters. The standard InChI is InChI=1S/C10H9BrF2INO2/c1-2-17-7(16)3-5-6(11)4-15-9(8(5)14)10(12)13/h4,10H,2-3H2,1H3. The number of halogens is 4. The Morgan fingerprint density at radius 3 is 2.82 bits per heavy atom. The van der Waals surface area contributed by atoms with Crippen molar-refractivity contribution in [3.05, 3.63) is 25.5 Å². The van der Waals surface area contributed by atoms with Gasteiger partial charge in [0.2, 0.25) is 0 Å². The van der Waals surface area contributed by atoms with Gasteiger partial charge in [0.25, 0.3) is 6.43 Å². The molecule has 0 aliphatic carbocycles. The van der Waals surface area contributed by atoms with Gasteiger partial charge in [0, 0.05) is 14.2 Å². The number of pyridine rings is 1. The maximum absolute atomic E-state index is 12.6. The van der Waals surface area contributed by atoms with E-state index in [1.165, 1.54) is 6.20 Å². The molecule has 0 fully saturated rings. The molecule has 0 spiro atoms. The molecule has 7 heteroatoms. The van der Waals surface area contributed by atoms with Gasteiger partial charge in [-0.25, -0.2) is 8.78 Å². The van der Waals surface area contributed by atoms with E-state index in [2.05, 4.69) is 20.9 Å². The monoisotopic (exact) mass is 419 g/mol. The highest BCUT2D eigenvalue weighted by molar-refractivity contribution is 14.1. The molecule has 1 aromatic rings. The van der Waals surface area contributed by atoms with Crippen LogP contribution in [0, 0.1) is 3.57 Å². The molecule has 0 saturated carbocycles. The van der Waals surface area contributed by atoms with Crippen molar-refractivity contribution in [3.63, 3.8) is 0 Å². The first-order chi connectivity index (χ1) is 7.97. The van der Waals surface area contributed by atoms with Gasteiger partial charge in [-0.05, 0) is 51.0 Å². The number of carbonyl (C=O) groups is 1. The summed E-state index contributed by atoms with van der Waals surface area (Å²) in [6.07, 6.45) is -1.43. The highest BCUT2D eigenvalue weighted by atomic mass is 127. The third-order valence-corrected chi connectivity index (χ3v) is 3.82. The van der Waals surface area contributed by atoms with E-state index in [1.54, 1.807) is 29.5 Å². The molecule has 1 rings (SSSR count). The Morgan fingerprint density at radius 2 is 2.29 bits per heavy atom. The van der Waals surface area contributed by atoms with Crippen LogP contribution >= 0.6 is 38.5 Å². The molecule has 0 aromatic carbocycles. The Balaban J connectivity index is 3.05. The molecule has 0 atom stereocenters. The number of aromatic nitrogens is 1. The van der Waals surface area contributed by atoms with E-state index in [0.717, 1.165) is 0 Å². The molecule has 0 aliphatic heterocycles. The van der Waals surface area contributed by atoms with Crippen LogP contribution in [0.3, 0.4) is 0 Å². The summed E-state index contributed by atoms with van der Waals surface area (Å²) >= 11 is 4.95. The van der Waals surface area contributed by atoms with Gasteiger partial charge in [-0.1, -0.05) is 0 Å². The van der Waals surface area contributed by atoms with E-state index < -0.39 is 12.4 Å². The van der Waals surface area contributed by atoms with E-state index in [1.807, 2.05) is 0 Å². The van der Waals surface area contributed by atoms with Crippen LogP contribution in [-0.2, 0) is 16.0 Å². The van der Waals surface area contributed by atoms with Crippen molar-refractivity contribution >= 4 is 44.5 Å². The number of hydrogen-bond donors (Lipinski definition) is 0. The topological polar surface area (TPSA) is 39.2 Å². The second kappa shape index (κ2) is 6.58. The minimum Gasteiger partial charge on any atom is -0.466 e. The lowest BCUT2D eigenvalue weighted by molar-refractivity contribution is -0.142. The molecule has 0 bridgehead atoms. The molecular formula is C10H9BrF2INO2. The van der Waals surface area contributed by atoms with E-state index in [9.17, 15) is 13.6 Å². The summed E-state index contributed by atoms with van der Waals surface area (Å²) < 4.78 is 30.9. The zero-order chi connectivity index (χ0) is 13.0. The van der Waals surface area contributed by atoms with Gasteiger partial charge in [0.05, 0.1) is 13.0 Å². The number of rotatable bonds is 4. The van der Waals surface area contributed by atoms with Gasteiger partial charge in [0.15, 0.2) is 0 Å². The summed E-state index contributed by atoms with van der Waals surface area (Å²) in [4.78, 5) is 15.0. The predicted molar refractivity (Wildman–Crippen MR) is 69.9 cm³/mol. The highest BCUT2D eigenvalue weighted by Gasteiger charge is 2.20. The van der Waals surface area contributed by atoms with Crippen LogP contribution in [0.25, 0.3) is 0 Å². The molecule has 0 amide bonds. The molecule has 94 valence electrons. The molecule has 17 heavy (non-hydrogen) atoms. The molecule has 0 aliphatic rings. The number of nitrogens with zero attached hydrogens (tertiary/aromatic N) is 1. The Kier molecular flexibility index (Phi) is 5.71. The van der Waals surface area contributed by atoms with Crippen LogP contribution in [0.5, 0.6) is 0 Å². The van der Waals surface area contributed by atoms with Crippen LogP contribution in [0.4, 0.5) is 8.78 Å². The normalized spacial score (nSPS) is 10.7. The summed E-state index contributed by atoms with van der Waals surface area (Å²) in [6, 6.07) is 0. The van der Waals surface area contributed by atoms with Gasteiger partial charge in [0.1, 0.15) is 5.69 Å². The number of carbonyl (C=O) groups excluding carboxylic acids is 1. The molecule has 0 N–H and O–H groups in total. The van der Waals surface area contributed by atoms with E-state index in [-0.39, 0.29) is 18.7 Å². The van der Waals surface area contributed by atoms with Crippen molar-refractivity contribution in [2.24, 2.45) is 0 Å². The first-order valence-corrected chi connectivity index (χ1v) is 6.61. The third-order valence-electron chi connectivity index (χ3n) is 1.93. The second-order valence-electron chi connectivity index (χ2n) is 3.07. The van der Waals surface area contributed by atoms with Crippen molar-refractivity contribution in [1.82, 2.24) is 4.98 Å². The highest BCUT2D eigenvalue weighted by Crippen LogP contribution is 2.29. The fraction of sp³-hybridized carbons (Fsp3) is 0.400. The quantitative estimate of drug-likeness (QED) is 0.554. The Morgan fingerprint density at radius 1 is 1.65 bits per heavy atom. The molecule has 0 radical (unpaired) electrons. The van der Waals surface area contributed by atoms with Crippen molar-refractivity contribution < 1.29 is 18.3 Å². The lowest BCUT2D eigenvalue weighted by Gasteiger charge is -2.10. The molecule has 1 aromatic heterocycles. The SMILES string of the molecule is CCOC(=O)Cc1c(Br)cnc(C(F)F)c1I. The maximum atomic E-state index is 12.6. The van der Waals surface area contributed by atoms with Gasteiger partial charge in [-0.15, -0.1) is 0 Å². The van der Waals surface area contributed by atoms with Crippen LogP contribution in [0.1, 0.15) is 24.6 Å². The number of hydrogen-bond acceptors (Lipinski definition) is 3. The Labute approximate surface area is 119 Å². The summed E-state index contributed by atoms with van der Waals surface area (Å²) in [6.45, 7) is 1.95. The lowest BCUT2D eigenvalue weighted by atomic mass is 10.1. The largest absolute Gasteiger partial charge is 0.466 e. The van der Waals surface area contributed by atoms with Crippen LogP contribution in [-0.4, -0.2) is 17.6 Å². The summed E-state index contributed by atoms with van der Waals surface area (Å²) in [5.74, 6) is -0.447. The van der Waals surface area contributed by atoms with Gasteiger partial charge in [-0.3, -0.25) is 9.78 Å².